The maximum Gasteiger partial charge on any atom is 0.226 e. The van der Waals surface area contributed by atoms with Crippen LogP contribution in [-0.4, -0.2) is 47.3 Å². The Kier molecular flexibility index (Phi) is 9.11. The number of carbonyl (C=O) groups excluding carboxylic acids is 1. The van der Waals surface area contributed by atoms with Crippen LogP contribution in [0.1, 0.15) is 26.2 Å². The molecule has 4 heteroatoms. The zero-order valence-corrected chi connectivity index (χ0v) is 9.35. The molecular weight excluding hydrogens is 194 g/mol. The third kappa shape index (κ3) is 7.11. The Bertz CT molecular complexity index is 186. The van der Waals surface area contributed by atoms with E-state index in [1.807, 2.05) is 12.2 Å². The molecule has 0 unspecified atom stereocenters. The molecule has 0 atom stereocenters. The molecule has 0 rings (SSSR count). The van der Waals surface area contributed by atoms with E-state index in [4.69, 9.17) is 10.2 Å². The molecule has 0 radical (unpaired) electrons. The van der Waals surface area contributed by atoms with Crippen molar-refractivity contribution < 1.29 is 15.0 Å². The lowest BCUT2D eigenvalue weighted by atomic mass is 10.2. The maximum absolute atomic E-state index is 11.5. The average Bonchev–Trinajstić information content (AvgIpc) is 2.24. The fourth-order valence-electron chi connectivity index (χ4n) is 1.20. The van der Waals surface area contributed by atoms with Crippen molar-refractivity contribution >= 4 is 5.91 Å². The topological polar surface area (TPSA) is 60.8 Å². The van der Waals surface area contributed by atoms with Gasteiger partial charge in [0.05, 0.1) is 13.2 Å². The second-order valence-corrected chi connectivity index (χ2v) is 3.29. The number of nitrogens with zero attached hydrogens (tertiary/aromatic N) is 1. The van der Waals surface area contributed by atoms with Crippen molar-refractivity contribution in [1.29, 1.82) is 0 Å². The van der Waals surface area contributed by atoms with Gasteiger partial charge in [-0.25, -0.2) is 0 Å². The van der Waals surface area contributed by atoms with Gasteiger partial charge < -0.3 is 15.1 Å². The summed E-state index contributed by atoms with van der Waals surface area (Å²) in [5.74, 6) is -0.0505. The highest BCUT2D eigenvalue weighted by Crippen LogP contribution is 1.97. The summed E-state index contributed by atoms with van der Waals surface area (Å²) >= 11 is 0. The van der Waals surface area contributed by atoms with Crippen LogP contribution in [0.5, 0.6) is 0 Å². The summed E-state index contributed by atoms with van der Waals surface area (Å²) in [6, 6.07) is 0. The van der Waals surface area contributed by atoms with Gasteiger partial charge in [-0.2, -0.15) is 0 Å². The van der Waals surface area contributed by atoms with Crippen LogP contribution in [0.15, 0.2) is 12.2 Å². The van der Waals surface area contributed by atoms with Crippen molar-refractivity contribution in [3.63, 3.8) is 0 Å². The molecule has 0 spiro atoms. The second kappa shape index (κ2) is 9.68. The zero-order chi connectivity index (χ0) is 11.5. The van der Waals surface area contributed by atoms with Gasteiger partial charge in [-0.15, -0.1) is 0 Å². The van der Waals surface area contributed by atoms with Crippen LogP contribution in [-0.2, 0) is 4.79 Å². The summed E-state index contributed by atoms with van der Waals surface area (Å²) in [5.41, 5.74) is 0. The SMILES string of the molecule is CCCC=CCC(=O)N(CCO)CCO. The van der Waals surface area contributed by atoms with E-state index < -0.39 is 0 Å². The highest BCUT2D eigenvalue weighted by molar-refractivity contribution is 5.77. The third-order valence-corrected chi connectivity index (χ3v) is 2.01. The fraction of sp³-hybridized carbons (Fsp3) is 0.727. The van der Waals surface area contributed by atoms with Gasteiger partial charge in [0.2, 0.25) is 5.91 Å². The van der Waals surface area contributed by atoms with Crippen LogP contribution < -0.4 is 0 Å². The first-order valence-corrected chi connectivity index (χ1v) is 5.40. The Morgan fingerprint density at radius 2 is 1.80 bits per heavy atom. The molecule has 4 nitrogen and oxygen atoms in total. The van der Waals surface area contributed by atoms with Gasteiger partial charge in [0, 0.05) is 19.5 Å². The molecule has 0 aromatic carbocycles. The summed E-state index contributed by atoms with van der Waals surface area (Å²) in [6.45, 7) is 2.53. The Morgan fingerprint density at radius 1 is 1.20 bits per heavy atom. The van der Waals surface area contributed by atoms with Gasteiger partial charge in [-0.3, -0.25) is 4.79 Å². The molecule has 0 aliphatic carbocycles. The van der Waals surface area contributed by atoms with E-state index in [1.165, 1.54) is 4.90 Å². The highest BCUT2D eigenvalue weighted by Gasteiger charge is 2.09. The number of aliphatic hydroxyl groups excluding tert-OH is 2. The van der Waals surface area contributed by atoms with Gasteiger partial charge in [0.15, 0.2) is 0 Å². The number of hydrogen-bond acceptors (Lipinski definition) is 3. The van der Waals surface area contributed by atoms with Crippen molar-refractivity contribution in [2.45, 2.75) is 26.2 Å². The lowest BCUT2D eigenvalue weighted by Gasteiger charge is -2.19. The Morgan fingerprint density at radius 3 is 2.27 bits per heavy atom. The fourth-order valence-corrected chi connectivity index (χ4v) is 1.20. The summed E-state index contributed by atoms with van der Waals surface area (Å²) in [4.78, 5) is 13.0. The van der Waals surface area contributed by atoms with Crippen molar-refractivity contribution in [2.24, 2.45) is 0 Å². The molecular formula is C11H21NO3. The van der Waals surface area contributed by atoms with Crippen molar-refractivity contribution in [3.05, 3.63) is 12.2 Å². The Hall–Kier alpha value is -0.870. The van der Waals surface area contributed by atoms with Gasteiger partial charge >= 0.3 is 0 Å². The van der Waals surface area contributed by atoms with Gasteiger partial charge in [0.25, 0.3) is 0 Å². The van der Waals surface area contributed by atoms with Crippen LogP contribution >= 0.6 is 0 Å². The van der Waals surface area contributed by atoms with Crippen molar-refractivity contribution in [2.75, 3.05) is 26.3 Å². The molecule has 0 saturated carbocycles. The Balaban J connectivity index is 3.90. The zero-order valence-electron chi connectivity index (χ0n) is 9.35. The van der Waals surface area contributed by atoms with Gasteiger partial charge in [0.1, 0.15) is 0 Å². The first-order valence-electron chi connectivity index (χ1n) is 5.40. The summed E-state index contributed by atoms with van der Waals surface area (Å²) in [6.07, 6.45) is 6.22. The van der Waals surface area contributed by atoms with Crippen LogP contribution in [0.25, 0.3) is 0 Å². The first-order chi connectivity index (χ1) is 7.26. The number of amides is 1. The van der Waals surface area contributed by atoms with E-state index in [-0.39, 0.29) is 19.1 Å². The van der Waals surface area contributed by atoms with E-state index in [0.717, 1.165) is 12.8 Å². The molecule has 0 saturated heterocycles. The summed E-state index contributed by atoms with van der Waals surface area (Å²) < 4.78 is 0. The molecule has 0 aromatic rings. The van der Waals surface area contributed by atoms with Crippen LogP contribution in [0, 0.1) is 0 Å². The number of allylic oxidation sites excluding steroid dienone is 1. The minimum absolute atomic E-state index is 0.0505. The van der Waals surface area contributed by atoms with Crippen LogP contribution in [0.3, 0.4) is 0 Å². The number of unbranched alkanes of at least 4 members (excludes halogenated alkanes) is 1. The largest absolute Gasteiger partial charge is 0.395 e. The van der Waals surface area contributed by atoms with Crippen LogP contribution in [0.4, 0.5) is 0 Å². The number of rotatable bonds is 8. The number of hydrogen-bond donors (Lipinski definition) is 2. The Labute approximate surface area is 91.2 Å². The highest BCUT2D eigenvalue weighted by atomic mass is 16.3. The average molecular weight is 215 g/mol. The van der Waals surface area contributed by atoms with Crippen molar-refractivity contribution in [3.8, 4) is 0 Å². The van der Waals surface area contributed by atoms with Gasteiger partial charge in [-0.1, -0.05) is 25.5 Å². The minimum Gasteiger partial charge on any atom is -0.395 e. The third-order valence-electron chi connectivity index (χ3n) is 2.01. The molecule has 0 fully saturated rings. The summed E-state index contributed by atoms with van der Waals surface area (Å²) in [7, 11) is 0. The first kappa shape index (κ1) is 14.1. The predicted octanol–water partition coefficient (Wildman–Crippen LogP) is 0.546. The maximum atomic E-state index is 11.5. The van der Waals surface area contributed by atoms with E-state index in [1.54, 1.807) is 0 Å². The second-order valence-electron chi connectivity index (χ2n) is 3.29. The normalized spacial score (nSPS) is 10.9. The molecule has 0 bridgehead atoms. The molecule has 0 aromatic heterocycles. The molecule has 88 valence electrons. The van der Waals surface area contributed by atoms with E-state index in [2.05, 4.69) is 6.92 Å². The minimum atomic E-state index is -0.0651. The predicted molar refractivity (Wildman–Crippen MR) is 59.4 cm³/mol. The quantitative estimate of drug-likeness (QED) is 0.581. The molecule has 15 heavy (non-hydrogen) atoms. The molecule has 1 amide bonds. The number of aliphatic hydroxyl groups is 2. The molecule has 0 aliphatic rings. The lowest BCUT2D eigenvalue weighted by molar-refractivity contribution is -0.131. The molecule has 0 aliphatic heterocycles. The van der Waals surface area contributed by atoms with Crippen molar-refractivity contribution in [1.82, 2.24) is 4.90 Å². The summed E-state index contributed by atoms with van der Waals surface area (Å²) in [5, 5.41) is 17.5. The smallest absolute Gasteiger partial charge is 0.226 e. The van der Waals surface area contributed by atoms with E-state index in [9.17, 15) is 4.79 Å². The monoisotopic (exact) mass is 215 g/mol. The molecule has 2 N–H and O–H groups in total. The van der Waals surface area contributed by atoms with E-state index >= 15 is 0 Å². The lowest BCUT2D eigenvalue weighted by Crippen LogP contribution is -2.35. The van der Waals surface area contributed by atoms with Gasteiger partial charge in [-0.05, 0) is 6.42 Å². The number of carbonyl (C=O) groups is 1. The standard InChI is InChI=1S/C11H21NO3/c1-2-3-4-5-6-11(15)12(7-9-13)8-10-14/h4-5,13-14H,2-3,6-10H2,1H3. The van der Waals surface area contributed by atoms with Crippen LogP contribution in [0.2, 0.25) is 0 Å². The molecule has 0 heterocycles. The van der Waals surface area contributed by atoms with E-state index in [0.29, 0.717) is 19.5 Å².